The molecular formula is C15H23Cl2N5O. The quantitative estimate of drug-likeness (QED) is 0.892. The number of fused-ring (bicyclic) bond motifs is 1. The van der Waals surface area contributed by atoms with Crippen molar-refractivity contribution in [2.75, 3.05) is 13.1 Å². The molecule has 1 aliphatic heterocycles. The van der Waals surface area contributed by atoms with E-state index in [1.54, 1.807) is 6.20 Å². The van der Waals surface area contributed by atoms with Crippen LogP contribution in [0.4, 0.5) is 0 Å². The van der Waals surface area contributed by atoms with Crippen molar-refractivity contribution in [1.29, 1.82) is 0 Å². The predicted octanol–water partition coefficient (Wildman–Crippen LogP) is 2.34. The number of nitrogens with zero attached hydrogens (tertiary/aromatic N) is 4. The van der Waals surface area contributed by atoms with Crippen LogP contribution >= 0.6 is 24.8 Å². The molecule has 0 saturated carbocycles. The first kappa shape index (κ1) is 19.7. The summed E-state index contributed by atoms with van der Waals surface area (Å²) in [5.41, 5.74) is 8.11. The lowest BCUT2D eigenvalue weighted by molar-refractivity contribution is 0.0790. The van der Waals surface area contributed by atoms with E-state index in [4.69, 9.17) is 5.73 Å². The molecule has 3 rings (SSSR count). The van der Waals surface area contributed by atoms with E-state index in [0.717, 1.165) is 29.7 Å². The largest absolute Gasteiger partial charge is 0.337 e. The van der Waals surface area contributed by atoms with E-state index >= 15 is 0 Å². The van der Waals surface area contributed by atoms with Crippen LogP contribution in [0.25, 0.3) is 11.0 Å². The molecule has 0 radical (unpaired) electrons. The van der Waals surface area contributed by atoms with Crippen LogP contribution in [0.3, 0.4) is 0 Å². The van der Waals surface area contributed by atoms with Gasteiger partial charge in [-0.1, -0.05) is 0 Å². The van der Waals surface area contributed by atoms with Crippen LogP contribution in [0, 0.1) is 6.92 Å². The van der Waals surface area contributed by atoms with Gasteiger partial charge in [0.1, 0.15) is 0 Å². The standard InChI is InChI=1S/C15H21N5O.2ClH/c1-9(2)20-14-11(7-17-20)6-13(10(3)18-14)15(21)19-5-4-12(16)8-19;;/h6-7,9,12H,4-5,8,16H2,1-3H3;2*1H/t12-;;/m1../s1. The zero-order chi connectivity index (χ0) is 15.1. The maximum absolute atomic E-state index is 12.6. The van der Waals surface area contributed by atoms with Gasteiger partial charge in [0.15, 0.2) is 5.65 Å². The van der Waals surface area contributed by atoms with Crippen molar-refractivity contribution in [3.8, 4) is 0 Å². The number of nitrogens with two attached hydrogens (primary N) is 1. The molecule has 1 atom stereocenters. The van der Waals surface area contributed by atoms with Crippen LogP contribution in [0.2, 0.25) is 0 Å². The smallest absolute Gasteiger partial charge is 0.255 e. The summed E-state index contributed by atoms with van der Waals surface area (Å²) in [4.78, 5) is 19.0. The summed E-state index contributed by atoms with van der Waals surface area (Å²) in [6.07, 6.45) is 2.64. The molecule has 1 saturated heterocycles. The molecular weight excluding hydrogens is 337 g/mol. The van der Waals surface area contributed by atoms with Gasteiger partial charge < -0.3 is 10.6 Å². The molecule has 128 valence electrons. The van der Waals surface area contributed by atoms with E-state index in [2.05, 4.69) is 23.9 Å². The molecule has 3 heterocycles. The second-order valence-electron chi connectivity index (χ2n) is 6.02. The fraction of sp³-hybridized carbons (Fsp3) is 0.533. The molecule has 0 bridgehead atoms. The van der Waals surface area contributed by atoms with Crippen molar-refractivity contribution < 1.29 is 4.79 Å². The average Bonchev–Trinajstić information content (AvgIpc) is 3.03. The van der Waals surface area contributed by atoms with Gasteiger partial charge >= 0.3 is 0 Å². The number of hydrogen-bond acceptors (Lipinski definition) is 4. The Hall–Kier alpha value is -1.37. The molecule has 0 spiro atoms. The molecule has 6 nitrogen and oxygen atoms in total. The summed E-state index contributed by atoms with van der Waals surface area (Å²) in [6.45, 7) is 7.35. The van der Waals surface area contributed by atoms with Crippen molar-refractivity contribution in [3.63, 3.8) is 0 Å². The number of pyridine rings is 1. The van der Waals surface area contributed by atoms with E-state index in [0.29, 0.717) is 12.1 Å². The maximum Gasteiger partial charge on any atom is 0.255 e. The number of halogens is 2. The minimum absolute atomic E-state index is 0. The van der Waals surface area contributed by atoms with Crippen LogP contribution < -0.4 is 5.73 Å². The summed E-state index contributed by atoms with van der Waals surface area (Å²) < 4.78 is 1.88. The number of likely N-dealkylation sites (tertiary alicyclic amines) is 1. The number of aromatic nitrogens is 3. The highest BCUT2D eigenvalue weighted by Crippen LogP contribution is 2.21. The molecule has 2 aromatic rings. The molecule has 2 N–H and O–H groups in total. The highest BCUT2D eigenvalue weighted by atomic mass is 35.5. The number of carbonyl (C=O) groups excluding carboxylic acids is 1. The van der Waals surface area contributed by atoms with E-state index in [-0.39, 0.29) is 42.8 Å². The zero-order valence-electron chi connectivity index (χ0n) is 13.5. The first-order valence-corrected chi connectivity index (χ1v) is 7.37. The van der Waals surface area contributed by atoms with E-state index in [1.165, 1.54) is 0 Å². The normalized spacial score (nSPS) is 17.3. The van der Waals surface area contributed by atoms with E-state index < -0.39 is 0 Å². The molecule has 0 aromatic carbocycles. The summed E-state index contributed by atoms with van der Waals surface area (Å²) in [5.74, 6) is 0.0205. The SMILES string of the molecule is Cc1nc2c(cnn2C(C)C)cc1C(=O)N1CC[C@@H](N)C1.Cl.Cl. The van der Waals surface area contributed by atoms with Gasteiger partial charge in [-0.15, -0.1) is 24.8 Å². The Morgan fingerprint density at radius 3 is 2.65 bits per heavy atom. The van der Waals surface area contributed by atoms with Crippen LogP contribution in [0.1, 0.15) is 42.4 Å². The van der Waals surface area contributed by atoms with Crippen molar-refractivity contribution >= 4 is 41.8 Å². The van der Waals surface area contributed by atoms with Crippen LogP contribution in [-0.2, 0) is 0 Å². The van der Waals surface area contributed by atoms with Crippen LogP contribution in [0.5, 0.6) is 0 Å². The molecule has 0 unspecified atom stereocenters. The predicted molar refractivity (Wildman–Crippen MR) is 95.6 cm³/mol. The highest BCUT2D eigenvalue weighted by molar-refractivity contribution is 5.98. The Kier molecular flexibility index (Phi) is 6.39. The van der Waals surface area contributed by atoms with Crippen LogP contribution in [0.15, 0.2) is 12.3 Å². The lowest BCUT2D eigenvalue weighted by Crippen LogP contribution is -2.32. The van der Waals surface area contributed by atoms with Gasteiger partial charge in [-0.2, -0.15) is 5.10 Å². The number of aryl methyl sites for hydroxylation is 1. The number of carbonyl (C=O) groups is 1. The second-order valence-corrected chi connectivity index (χ2v) is 6.02. The summed E-state index contributed by atoms with van der Waals surface area (Å²) in [7, 11) is 0. The molecule has 8 heteroatoms. The molecule has 23 heavy (non-hydrogen) atoms. The van der Waals surface area contributed by atoms with Gasteiger partial charge in [0, 0.05) is 30.6 Å². The van der Waals surface area contributed by atoms with Crippen molar-refractivity contribution in [1.82, 2.24) is 19.7 Å². The lowest BCUT2D eigenvalue weighted by atomic mass is 10.1. The Balaban J connectivity index is 0.00000132. The Morgan fingerprint density at radius 2 is 2.09 bits per heavy atom. The van der Waals surface area contributed by atoms with Crippen molar-refractivity contribution in [3.05, 3.63) is 23.5 Å². The third-order valence-electron chi connectivity index (χ3n) is 3.99. The highest BCUT2D eigenvalue weighted by Gasteiger charge is 2.26. The Labute approximate surface area is 148 Å². The van der Waals surface area contributed by atoms with Gasteiger partial charge in [-0.05, 0) is 33.3 Å². The first-order valence-electron chi connectivity index (χ1n) is 7.37. The molecule has 0 aliphatic carbocycles. The monoisotopic (exact) mass is 359 g/mol. The first-order chi connectivity index (χ1) is 9.97. The third-order valence-corrected chi connectivity index (χ3v) is 3.99. The van der Waals surface area contributed by atoms with E-state index in [9.17, 15) is 4.79 Å². The fourth-order valence-corrected chi connectivity index (χ4v) is 2.80. The summed E-state index contributed by atoms with van der Waals surface area (Å²) in [6, 6.07) is 2.23. The van der Waals surface area contributed by atoms with Crippen molar-refractivity contribution in [2.45, 2.75) is 39.3 Å². The second kappa shape index (κ2) is 7.47. The third kappa shape index (κ3) is 3.59. The van der Waals surface area contributed by atoms with Crippen LogP contribution in [-0.4, -0.2) is 44.7 Å². The Morgan fingerprint density at radius 1 is 1.39 bits per heavy atom. The number of rotatable bonds is 2. The van der Waals surface area contributed by atoms with Gasteiger partial charge in [0.25, 0.3) is 5.91 Å². The molecule has 1 amide bonds. The molecule has 2 aromatic heterocycles. The summed E-state index contributed by atoms with van der Waals surface area (Å²) >= 11 is 0. The summed E-state index contributed by atoms with van der Waals surface area (Å²) in [5, 5.41) is 5.26. The van der Waals surface area contributed by atoms with Gasteiger partial charge in [0.05, 0.1) is 17.5 Å². The van der Waals surface area contributed by atoms with Gasteiger partial charge in [-0.25, -0.2) is 9.67 Å². The van der Waals surface area contributed by atoms with Crippen molar-refractivity contribution in [2.24, 2.45) is 5.73 Å². The molecule has 1 fully saturated rings. The van der Waals surface area contributed by atoms with Gasteiger partial charge in [-0.3, -0.25) is 4.79 Å². The van der Waals surface area contributed by atoms with E-state index in [1.807, 2.05) is 22.6 Å². The molecule has 1 aliphatic rings. The van der Waals surface area contributed by atoms with Gasteiger partial charge in [0.2, 0.25) is 0 Å². The topological polar surface area (TPSA) is 77.0 Å². The fourth-order valence-electron chi connectivity index (χ4n) is 2.80. The zero-order valence-corrected chi connectivity index (χ0v) is 15.2. The number of hydrogen-bond donors (Lipinski definition) is 1. The minimum atomic E-state index is 0. The minimum Gasteiger partial charge on any atom is -0.337 e. The lowest BCUT2D eigenvalue weighted by Gasteiger charge is -2.17. The maximum atomic E-state index is 12.6. The average molecular weight is 360 g/mol. The number of amides is 1. The Bertz CT molecular complexity index is 700.